The molecule has 5 heteroatoms. The van der Waals surface area contributed by atoms with Crippen LogP contribution in [0.15, 0.2) is 18.2 Å². The van der Waals surface area contributed by atoms with Gasteiger partial charge in [-0.1, -0.05) is 24.6 Å². The van der Waals surface area contributed by atoms with Crippen LogP contribution in [0.2, 0.25) is 5.02 Å². The fourth-order valence-corrected chi connectivity index (χ4v) is 1.73. The number of benzene rings is 1. The number of hydrogen-bond acceptors (Lipinski definition) is 4. The van der Waals surface area contributed by atoms with Crippen molar-refractivity contribution in [3.8, 4) is 5.75 Å². The minimum absolute atomic E-state index is 0.134. The molecule has 0 saturated carbocycles. The Balaban J connectivity index is 2.52. The zero-order chi connectivity index (χ0) is 14.3. The highest BCUT2D eigenvalue weighted by atomic mass is 35.5. The minimum atomic E-state index is -0.400. The minimum Gasteiger partial charge on any atom is -0.480 e. The molecule has 0 aliphatic heterocycles. The lowest BCUT2D eigenvalue weighted by atomic mass is 10.2. The summed E-state index contributed by atoms with van der Waals surface area (Å²) in [5, 5.41) is 3.70. The standard InChI is InChI=1S/C14H20ClNO3/c1-4-16-8-11-5-6-13(12(15)7-11)18-9-14(17)19-10(2)3/h5-7,10,16H,4,8-9H2,1-3H3. The molecule has 0 spiro atoms. The maximum Gasteiger partial charge on any atom is 0.344 e. The Morgan fingerprint density at radius 3 is 2.74 bits per heavy atom. The van der Waals surface area contributed by atoms with Gasteiger partial charge in [0.05, 0.1) is 11.1 Å². The van der Waals surface area contributed by atoms with Crippen molar-refractivity contribution in [1.82, 2.24) is 5.32 Å². The van der Waals surface area contributed by atoms with Crippen molar-refractivity contribution in [2.24, 2.45) is 0 Å². The van der Waals surface area contributed by atoms with Crippen LogP contribution in [0.1, 0.15) is 26.3 Å². The highest BCUT2D eigenvalue weighted by Gasteiger charge is 2.09. The van der Waals surface area contributed by atoms with Crippen molar-refractivity contribution in [3.05, 3.63) is 28.8 Å². The Bertz CT molecular complexity index is 421. The van der Waals surface area contributed by atoms with E-state index in [1.54, 1.807) is 19.9 Å². The van der Waals surface area contributed by atoms with Gasteiger partial charge in [0.15, 0.2) is 6.61 Å². The third kappa shape index (κ3) is 5.94. The lowest BCUT2D eigenvalue weighted by molar-refractivity contribution is -0.149. The molecule has 0 bridgehead atoms. The molecule has 0 unspecified atom stereocenters. The summed E-state index contributed by atoms with van der Waals surface area (Å²) in [6, 6.07) is 5.50. The quantitative estimate of drug-likeness (QED) is 0.783. The van der Waals surface area contributed by atoms with Gasteiger partial charge in [0.25, 0.3) is 0 Å². The molecule has 0 aliphatic carbocycles. The molecule has 0 radical (unpaired) electrons. The summed E-state index contributed by atoms with van der Waals surface area (Å²) >= 11 is 6.09. The molecule has 4 nitrogen and oxygen atoms in total. The number of rotatable bonds is 7. The van der Waals surface area contributed by atoms with Gasteiger partial charge < -0.3 is 14.8 Å². The third-order valence-corrected chi connectivity index (χ3v) is 2.58. The van der Waals surface area contributed by atoms with Crippen LogP contribution in [0.25, 0.3) is 0 Å². The lowest BCUT2D eigenvalue weighted by Gasteiger charge is -2.11. The van der Waals surface area contributed by atoms with Crippen LogP contribution in [0, 0.1) is 0 Å². The predicted molar refractivity (Wildman–Crippen MR) is 75.6 cm³/mol. The molecule has 0 aliphatic rings. The average Bonchev–Trinajstić information content (AvgIpc) is 2.34. The number of ether oxygens (including phenoxy) is 2. The Labute approximate surface area is 119 Å². The van der Waals surface area contributed by atoms with Gasteiger partial charge >= 0.3 is 5.97 Å². The highest BCUT2D eigenvalue weighted by molar-refractivity contribution is 6.32. The molecular formula is C14H20ClNO3. The van der Waals surface area contributed by atoms with E-state index in [4.69, 9.17) is 21.1 Å². The number of nitrogens with one attached hydrogen (secondary N) is 1. The zero-order valence-electron chi connectivity index (χ0n) is 11.5. The van der Waals surface area contributed by atoms with Gasteiger partial charge in [0.1, 0.15) is 5.75 Å². The second kappa shape index (κ2) is 8.02. The lowest BCUT2D eigenvalue weighted by Crippen LogP contribution is -2.18. The molecule has 1 aromatic rings. The van der Waals surface area contributed by atoms with E-state index in [1.165, 1.54) is 0 Å². The van der Waals surface area contributed by atoms with E-state index in [-0.39, 0.29) is 12.7 Å². The summed E-state index contributed by atoms with van der Waals surface area (Å²) in [6.45, 7) is 7.15. The Morgan fingerprint density at radius 2 is 2.16 bits per heavy atom. The smallest absolute Gasteiger partial charge is 0.344 e. The maximum atomic E-state index is 11.3. The fraction of sp³-hybridized carbons (Fsp3) is 0.500. The van der Waals surface area contributed by atoms with Gasteiger partial charge in [-0.25, -0.2) is 4.79 Å². The molecule has 1 N–H and O–H groups in total. The van der Waals surface area contributed by atoms with Crippen molar-refractivity contribution in [1.29, 1.82) is 0 Å². The molecule has 0 atom stereocenters. The molecular weight excluding hydrogens is 266 g/mol. The summed E-state index contributed by atoms with van der Waals surface area (Å²) < 4.78 is 10.3. The van der Waals surface area contributed by atoms with Gasteiger partial charge in [0.2, 0.25) is 0 Å². The summed E-state index contributed by atoms with van der Waals surface area (Å²) in [6.07, 6.45) is -0.144. The van der Waals surface area contributed by atoms with Crippen molar-refractivity contribution in [2.75, 3.05) is 13.2 Å². The van der Waals surface area contributed by atoms with E-state index in [1.807, 2.05) is 19.1 Å². The number of esters is 1. The van der Waals surface area contributed by atoms with Gasteiger partial charge in [-0.15, -0.1) is 0 Å². The molecule has 0 saturated heterocycles. The third-order valence-electron chi connectivity index (χ3n) is 2.29. The molecule has 106 valence electrons. The molecule has 0 amide bonds. The van der Waals surface area contributed by atoms with Gasteiger partial charge in [-0.2, -0.15) is 0 Å². The predicted octanol–water partition coefficient (Wildman–Crippen LogP) is 2.78. The Hall–Kier alpha value is -1.26. The molecule has 0 fully saturated rings. The van der Waals surface area contributed by atoms with Crippen LogP contribution in [0.4, 0.5) is 0 Å². The largest absolute Gasteiger partial charge is 0.480 e. The van der Waals surface area contributed by atoms with Crippen molar-refractivity contribution < 1.29 is 14.3 Å². The van der Waals surface area contributed by atoms with E-state index >= 15 is 0 Å². The van der Waals surface area contributed by atoms with E-state index in [9.17, 15) is 4.79 Å². The summed E-state index contributed by atoms with van der Waals surface area (Å²) in [4.78, 5) is 11.3. The molecule has 1 rings (SSSR count). The number of halogens is 1. The SMILES string of the molecule is CCNCc1ccc(OCC(=O)OC(C)C)c(Cl)c1. The summed E-state index contributed by atoms with van der Waals surface area (Å²) in [7, 11) is 0. The van der Waals surface area contributed by atoms with Crippen LogP contribution in [0.5, 0.6) is 5.75 Å². The topological polar surface area (TPSA) is 47.6 Å². The number of hydrogen-bond donors (Lipinski definition) is 1. The van der Waals surface area contributed by atoms with Crippen LogP contribution >= 0.6 is 11.6 Å². The first kappa shape index (κ1) is 15.8. The van der Waals surface area contributed by atoms with Gasteiger partial charge in [0, 0.05) is 6.54 Å². The Kier molecular flexibility index (Phi) is 6.67. The first-order valence-electron chi connectivity index (χ1n) is 6.34. The first-order valence-corrected chi connectivity index (χ1v) is 6.72. The first-order chi connectivity index (χ1) is 9.02. The fourth-order valence-electron chi connectivity index (χ4n) is 1.47. The molecule has 0 aromatic heterocycles. The normalized spacial score (nSPS) is 10.6. The van der Waals surface area contributed by atoms with E-state index in [0.29, 0.717) is 10.8 Å². The van der Waals surface area contributed by atoms with Crippen LogP contribution < -0.4 is 10.1 Å². The van der Waals surface area contributed by atoms with Gasteiger partial charge in [-0.3, -0.25) is 0 Å². The van der Waals surface area contributed by atoms with Crippen molar-refractivity contribution in [2.45, 2.75) is 33.4 Å². The number of carbonyl (C=O) groups excluding carboxylic acids is 1. The van der Waals surface area contributed by atoms with Gasteiger partial charge in [-0.05, 0) is 38.1 Å². The number of carbonyl (C=O) groups is 1. The maximum absolute atomic E-state index is 11.3. The second-order valence-electron chi connectivity index (χ2n) is 4.37. The van der Waals surface area contributed by atoms with E-state index < -0.39 is 5.97 Å². The second-order valence-corrected chi connectivity index (χ2v) is 4.78. The van der Waals surface area contributed by atoms with Crippen LogP contribution in [-0.2, 0) is 16.1 Å². The molecule has 1 aromatic carbocycles. The van der Waals surface area contributed by atoms with E-state index in [2.05, 4.69) is 5.32 Å². The van der Waals surface area contributed by atoms with Crippen molar-refractivity contribution in [3.63, 3.8) is 0 Å². The van der Waals surface area contributed by atoms with Crippen molar-refractivity contribution >= 4 is 17.6 Å². The van der Waals surface area contributed by atoms with Crippen LogP contribution in [0.3, 0.4) is 0 Å². The highest BCUT2D eigenvalue weighted by Crippen LogP contribution is 2.25. The van der Waals surface area contributed by atoms with Crippen LogP contribution in [-0.4, -0.2) is 25.2 Å². The summed E-state index contributed by atoms with van der Waals surface area (Å²) in [5.74, 6) is 0.0883. The Morgan fingerprint density at radius 1 is 1.42 bits per heavy atom. The average molecular weight is 286 g/mol. The monoisotopic (exact) mass is 285 g/mol. The van der Waals surface area contributed by atoms with E-state index in [0.717, 1.165) is 18.7 Å². The zero-order valence-corrected chi connectivity index (χ0v) is 12.3. The molecule has 19 heavy (non-hydrogen) atoms. The summed E-state index contributed by atoms with van der Waals surface area (Å²) in [5.41, 5.74) is 1.07. The molecule has 0 heterocycles.